The lowest BCUT2D eigenvalue weighted by molar-refractivity contribution is -0.209. The number of primary amides is 1. The number of aliphatic hydroxyl groups is 2. The number of rotatable bonds is 4. The fraction of sp³-hybridized carbons (Fsp3) is 0.412. The first-order valence-corrected chi connectivity index (χ1v) is 7.88. The van der Waals surface area contributed by atoms with E-state index in [1.807, 2.05) is 12.1 Å². The molecule has 1 aromatic heterocycles. The Labute approximate surface area is 143 Å². The standard InChI is InChI=1S/C17H20N2O6/c1-24-17(23)13-7-12(20)15(22)16(25-13)19-8-9(6-14(18)21)10-4-2-3-5-11(10)19/h2-5,8,12-13,15-16,20,22H,6-7H2,1H3,(H2,18,21)/t12-,13-,15-,16-/m0/s1. The third-order valence-corrected chi connectivity index (χ3v) is 4.37. The van der Waals surface area contributed by atoms with E-state index in [4.69, 9.17) is 10.5 Å². The summed E-state index contributed by atoms with van der Waals surface area (Å²) < 4.78 is 12.0. The molecule has 1 aliphatic heterocycles. The number of carbonyl (C=O) groups excluding carboxylic acids is 2. The minimum Gasteiger partial charge on any atom is -0.467 e. The number of para-hydroxylation sites is 1. The van der Waals surface area contributed by atoms with E-state index in [0.29, 0.717) is 11.1 Å². The molecule has 8 heteroatoms. The van der Waals surface area contributed by atoms with Crippen LogP contribution in [0.1, 0.15) is 18.2 Å². The first-order chi connectivity index (χ1) is 11.9. The molecular weight excluding hydrogens is 328 g/mol. The summed E-state index contributed by atoms with van der Waals surface area (Å²) in [7, 11) is 1.23. The zero-order chi connectivity index (χ0) is 18.1. The lowest BCUT2D eigenvalue weighted by Crippen LogP contribution is -2.48. The number of aliphatic hydroxyl groups excluding tert-OH is 2. The molecule has 0 radical (unpaired) electrons. The van der Waals surface area contributed by atoms with E-state index in [1.165, 1.54) is 7.11 Å². The molecule has 4 atom stereocenters. The first kappa shape index (κ1) is 17.4. The highest BCUT2D eigenvalue weighted by molar-refractivity contribution is 5.89. The van der Waals surface area contributed by atoms with Gasteiger partial charge < -0.3 is 30.0 Å². The van der Waals surface area contributed by atoms with Gasteiger partial charge in [0.05, 0.1) is 25.2 Å². The number of nitrogens with two attached hydrogens (primary N) is 1. The molecule has 3 rings (SSSR count). The van der Waals surface area contributed by atoms with Crippen LogP contribution in [0, 0.1) is 0 Å². The Hall–Kier alpha value is -2.42. The summed E-state index contributed by atoms with van der Waals surface area (Å²) in [5, 5.41) is 21.3. The van der Waals surface area contributed by atoms with Crippen molar-refractivity contribution < 1.29 is 29.3 Å². The number of benzene rings is 1. The topological polar surface area (TPSA) is 124 Å². The third-order valence-electron chi connectivity index (χ3n) is 4.37. The molecule has 1 aromatic carbocycles. The molecule has 0 bridgehead atoms. The number of carbonyl (C=O) groups is 2. The van der Waals surface area contributed by atoms with Crippen molar-refractivity contribution >= 4 is 22.8 Å². The van der Waals surface area contributed by atoms with Gasteiger partial charge in [-0.2, -0.15) is 0 Å². The SMILES string of the molecule is COC(=O)[C@@H]1C[C@H](O)[C@H](O)[C@@H](n2cc(CC(N)=O)c3ccccc32)O1. The molecule has 0 unspecified atom stereocenters. The van der Waals surface area contributed by atoms with Crippen molar-refractivity contribution in [2.45, 2.75) is 37.4 Å². The normalized spacial score (nSPS) is 26.5. The number of methoxy groups -OCH3 is 1. The fourth-order valence-electron chi connectivity index (χ4n) is 3.18. The molecule has 2 heterocycles. The Morgan fingerprint density at radius 2 is 2.08 bits per heavy atom. The Morgan fingerprint density at radius 3 is 2.76 bits per heavy atom. The maximum Gasteiger partial charge on any atom is 0.335 e. The van der Waals surface area contributed by atoms with Gasteiger partial charge in [-0.25, -0.2) is 4.79 Å². The van der Waals surface area contributed by atoms with Crippen molar-refractivity contribution in [1.29, 1.82) is 0 Å². The van der Waals surface area contributed by atoms with Gasteiger partial charge in [-0.05, 0) is 11.6 Å². The number of hydrogen-bond donors (Lipinski definition) is 3. The Morgan fingerprint density at radius 1 is 1.36 bits per heavy atom. The van der Waals surface area contributed by atoms with Crippen LogP contribution < -0.4 is 5.73 Å². The van der Waals surface area contributed by atoms with E-state index in [-0.39, 0.29) is 12.8 Å². The highest BCUT2D eigenvalue weighted by Crippen LogP contribution is 2.33. The highest BCUT2D eigenvalue weighted by atomic mass is 16.6. The monoisotopic (exact) mass is 348 g/mol. The zero-order valence-electron chi connectivity index (χ0n) is 13.7. The molecule has 1 saturated heterocycles. The second-order valence-corrected chi connectivity index (χ2v) is 6.05. The summed E-state index contributed by atoms with van der Waals surface area (Å²) in [6, 6.07) is 7.25. The van der Waals surface area contributed by atoms with Crippen LogP contribution >= 0.6 is 0 Å². The van der Waals surface area contributed by atoms with E-state index >= 15 is 0 Å². The average Bonchev–Trinajstić information content (AvgIpc) is 2.94. The Kier molecular flexibility index (Phi) is 4.76. The van der Waals surface area contributed by atoms with E-state index < -0.39 is 36.4 Å². The Bertz CT molecular complexity index is 802. The zero-order valence-corrected chi connectivity index (χ0v) is 13.7. The average molecular weight is 348 g/mol. The molecule has 4 N–H and O–H groups in total. The molecule has 134 valence electrons. The molecule has 0 aliphatic carbocycles. The third kappa shape index (κ3) is 3.23. The number of ether oxygens (including phenoxy) is 2. The second kappa shape index (κ2) is 6.83. The van der Waals surface area contributed by atoms with Gasteiger partial charge in [0.15, 0.2) is 12.3 Å². The summed E-state index contributed by atoms with van der Waals surface area (Å²) in [6.45, 7) is 0. The molecule has 8 nitrogen and oxygen atoms in total. The second-order valence-electron chi connectivity index (χ2n) is 6.05. The highest BCUT2D eigenvalue weighted by Gasteiger charge is 2.41. The van der Waals surface area contributed by atoms with Gasteiger partial charge in [0.2, 0.25) is 5.91 Å². The van der Waals surface area contributed by atoms with Gasteiger partial charge in [-0.3, -0.25) is 4.79 Å². The predicted molar refractivity (Wildman–Crippen MR) is 87.4 cm³/mol. The van der Waals surface area contributed by atoms with Gasteiger partial charge >= 0.3 is 5.97 Å². The molecule has 1 fully saturated rings. The van der Waals surface area contributed by atoms with Gasteiger partial charge in [0.25, 0.3) is 0 Å². The van der Waals surface area contributed by atoms with Crippen LogP contribution in [0.3, 0.4) is 0 Å². The van der Waals surface area contributed by atoms with E-state index in [1.54, 1.807) is 22.9 Å². The van der Waals surface area contributed by atoms with Crippen LogP contribution in [0.4, 0.5) is 0 Å². The summed E-state index contributed by atoms with van der Waals surface area (Å²) in [5.74, 6) is -1.11. The summed E-state index contributed by atoms with van der Waals surface area (Å²) in [4.78, 5) is 23.1. The molecular formula is C17H20N2O6. The number of aromatic nitrogens is 1. The first-order valence-electron chi connectivity index (χ1n) is 7.88. The minimum absolute atomic E-state index is 0.0271. The number of nitrogens with zero attached hydrogens (tertiary/aromatic N) is 1. The van der Waals surface area contributed by atoms with Crippen molar-refractivity contribution in [2.24, 2.45) is 5.73 Å². The molecule has 0 saturated carbocycles. The summed E-state index contributed by atoms with van der Waals surface area (Å²) in [5.41, 5.74) is 6.67. The van der Waals surface area contributed by atoms with Gasteiger partial charge in [0.1, 0.15) is 6.10 Å². The van der Waals surface area contributed by atoms with E-state index in [0.717, 1.165) is 5.39 Å². The lowest BCUT2D eigenvalue weighted by atomic mass is 10.0. The van der Waals surface area contributed by atoms with Crippen molar-refractivity contribution in [3.63, 3.8) is 0 Å². The lowest BCUT2D eigenvalue weighted by Gasteiger charge is -2.36. The maximum absolute atomic E-state index is 11.8. The van der Waals surface area contributed by atoms with Crippen molar-refractivity contribution in [2.75, 3.05) is 7.11 Å². The van der Waals surface area contributed by atoms with E-state index in [2.05, 4.69) is 4.74 Å². The van der Waals surface area contributed by atoms with Gasteiger partial charge in [-0.1, -0.05) is 18.2 Å². The number of hydrogen-bond acceptors (Lipinski definition) is 6. The van der Waals surface area contributed by atoms with Crippen LogP contribution in [0.2, 0.25) is 0 Å². The van der Waals surface area contributed by atoms with Crippen LogP contribution in [0.5, 0.6) is 0 Å². The van der Waals surface area contributed by atoms with Crippen LogP contribution in [0.25, 0.3) is 10.9 Å². The maximum atomic E-state index is 11.8. The quantitative estimate of drug-likeness (QED) is 0.660. The number of amides is 1. The molecule has 1 amide bonds. The van der Waals surface area contributed by atoms with Crippen LogP contribution in [-0.4, -0.2) is 52.1 Å². The fourth-order valence-corrected chi connectivity index (χ4v) is 3.18. The smallest absolute Gasteiger partial charge is 0.335 e. The van der Waals surface area contributed by atoms with Crippen molar-refractivity contribution in [3.8, 4) is 0 Å². The van der Waals surface area contributed by atoms with Crippen molar-refractivity contribution in [3.05, 3.63) is 36.0 Å². The van der Waals surface area contributed by atoms with Gasteiger partial charge in [0, 0.05) is 18.0 Å². The van der Waals surface area contributed by atoms with Gasteiger partial charge in [-0.15, -0.1) is 0 Å². The van der Waals surface area contributed by atoms with E-state index in [9.17, 15) is 19.8 Å². The summed E-state index contributed by atoms with van der Waals surface area (Å²) >= 11 is 0. The largest absolute Gasteiger partial charge is 0.467 e. The minimum atomic E-state index is -1.24. The van der Waals surface area contributed by atoms with Crippen LogP contribution in [-0.2, 0) is 25.5 Å². The van der Waals surface area contributed by atoms with Crippen LogP contribution in [0.15, 0.2) is 30.5 Å². The Balaban J connectivity index is 2.04. The molecule has 2 aromatic rings. The van der Waals surface area contributed by atoms with Crippen molar-refractivity contribution in [1.82, 2.24) is 4.57 Å². The summed E-state index contributed by atoms with van der Waals surface area (Å²) in [6.07, 6.45) is -2.76. The molecule has 25 heavy (non-hydrogen) atoms. The number of esters is 1. The molecule has 1 aliphatic rings. The number of fused-ring (bicyclic) bond motifs is 1. The molecule has 0 spiro atoms. The predicted octanol–water partition coefficient (Wildman–Crippen LogP) is -0.149.